The Labute approximate surface area is 307 Å². The maximum atomic E-state index is 12.6. The van der Waals surface area contributed by atoms with Gasteiger partial charge in [0, 0.05) is 19.4 Å². The number of ether oxygens (including phenoxy) is 3. The van der Waals surface area contributed by atoms with Crippen LogP contribution in [0.5, 0.6) is 0 Å². The molecule has 0 aromatic rings. The molecule has 12 atom stereocenters. The summed E-state index contributed by atoms with van der Waals surface area (Å²) in [6.45, 7) is 14.4. The molecule has 51 heavy (non-hydrogen) atoms. The standard InChI is InChI=1S/C35H54O8.3C2H2.CH4O/c1-19-34-17-16-33(7)22-8-10-24(30(32(5,6)40)41-20(2)36)42-25(22)18-23(33)21(34)9-11-26-31(3,4)27(14-15-35(19,26)34)43-29(39)13-12-28(37)38;4*1-2/h19,21-27,30,40H,8-18H2,1-7H3,(H,37,38);3*1-2H;2H,1H3/t19-,21-,22?,23?,24+,25?,26?,27-,30-,33+,34-,35?;;;;/m0..../s1. The van der Waals surface area contributed by atoms with E-state index in [1.54, 1.807) is 13.8 Å². The van der Waals surface area contributed by atoms with Crippen molar-refractivity contribution in [1.29, 1.82) is 0 Å². The molecule has 5 saturated carbocycles. The van der Waals surface area contributed by atoms with Crippen molar-refractivity contribution in [1.82, 2.24) is 0 Å². The van der Waals surface area contributed by atoms with Gasteiger partial charge in [-0.3, -0.25) is 14.4 Å². The van der Waals surface area contributed by atoms with Gasteiger partial charge in [0.25, 0.3) is 0 Å². The topological polar surface area (TPSA) is 140 Å². The molecule has 6 aliphatic rings. The summed E-state index contributed by atoms with van der Waals surface area (Å²) < 4.78 is 18.4. The van der Waals surface area contributed by atoms with Gasteiger partial charge in [-0.05, 0) is 117 Å². The minimum Gasteiger partial charge on any atom is -0.481 e. The molecule has 286 valence electrons. The third-order valence-corrected chi connectivity index (χ3v) is 14.4. The van der Waals surface area contributed by atoms with E-state index in [-0.39, 0.29) is 59.3 Å². The molecule has 0 aromatic carbocycles. The highest BCUT2D eigenvalue weighted by Crippen LogP contribution is 2.89. The third kappa shape index (κ3) is 7.31. The third-order valence-electron chi connectivity index (χ3n) is 14.4. The second-order valence-electron chi connectivity index (χ2n) is 16.7. The summed E-state index contributed by atoms with van der Waals surface area (Å²) in [4.78, 5) is 35.5. The van der Waals surface area contributed by atoms with E-state index in [0.717, 1.165) is 45.6 Å². The monoisotopic (exact) mass is 712 g/mol. The number of aliphatic carboxylic acids is 1. The van der Waals surface area contributed by atoms with Crippen LogP contribution in [0.3, 0.4) is 0 Å². The first-order valence-electron chi connectivity index (χ1n) is 18.4. The number of esters is 2. The van der Waals surface area contributed by atoms with Gasteiger partial charge < -0.3 is 29.5 Å². The van der Waals surface area contributed by atoms with Crippen LogP contribution in [0.25, 0.3) is 0 Å². The minimum atomic E-state index is -1.17. The predicted octanol–water partition coefficient (Wildman–Crippen LogP) is 6.27. The van der Waals surface area contributed by atoms with Crippen molar-refractivity contribution in [3.8, 4) is 38.5 Å². The quantitative estimate of drug-likeness (QED) is 0.206. The van der Waals surface area contributed by atoms with Gasteiger partial charge >= 0.3 is 17.9 Å². The fourth-order valence-corrected chi connectivity index (χ4v) is 12.7. The van der Waals surface area contributed by atoms with Crippen LogP contribution in [0.4, 0.5) is 0 Å². The normalized spacial score (nSPS) is 39.5. The summed E-state index contributed by atoms with van der Waals surface area (Å²) in [5, 5.41) is 26.9. The van der Waals surface area contributed by atoms with Gasteiger partial charge in [-0.1, -0.05) is 27.7 Å². The van der Waals surface area contributed by atoms with Crippen LogP contribution in [0.1, 0.15) is 119 Å². The molecule has 9 heteroatoms. The Balaban J connectivity index is 0.00000105. The first kappa shape index (κ1) is 44.1. The Morgan fingerprint density at radius 3 is 1.98 bits per heavy atom. The maximum absolute atomic E-state index is 12.6. The molecule has 9 nitrogen and oxygen atoms in total. The smallest absolute Gasteiger partial charge is 0.306 e. The second kappa shape index (κ2) is 16.8. The molecule has 6 fully saturated rings. The lowest BCUT2D eigenvalue weighted by molar-refractivity contribution is -0.200. The number of aliphatic hydroxyl groups excluding tert-OH is 1. The summed E-state index contributed by atoms with van der Waals surface area (Å²) in [6.07, 6.45) is 32.4. The highest BCUT2D eigenvalue weighted by Gasteiger charge is 2.85. The highest BCUT2D eigenvalue weighted by molar-refractivity contribution is 5.76. The van der Waals surface area contributed by atoms with Gasteiger partial charge in [-0.15, -0.1) is 38.5 Å². The van der Waals surface area contributed by atoms with Crippen LogP contribution in [0.15, 0.2) is 0 Å². The van der Waals surface area contributed by atoms with Gasteiger partial charge in [0.2, 0.25) is 0 Å². The van der Waals surface area contributed by atoms with E-state index in [2.05, 4.69) is 66.2 Å². The summed E-state index contributed by atoms with van der Waals surface area (Å²) in [5.41, 5.74) is -0.477. The molecule has 0 aromatic heterocycles. The van der Waals surface area contributed by atoms with Gasteiger partial charge in [-0.25, -0.2) is 0 Å². The summed E-state index contributed by atoms with van der Waals surface area (Å²) in [6, 6.07) is 0. The minimum absolute atomic E-state index is 0.0664. The fourth-order valence-electron chi connectivity index (χ4n) is 12.7. The first-order chi connectivity index (χ1) is 24.0. The van der Waals surface area contributed by atoms with E-state index < -0.39 is 17.7 Å². The lowest BCUT2D eigenvalue weighted by Gasteiger charge is -2.59. The average Bonchev–Trinajstić information content (AvgIpc) is 3.48. The molecule has 1 aliphatic heterocycles. The molecule has 1 heterocycles. The lowest BCUT2D eigenvalue weighted by atomic mass is 9.46. The number of hydrogen-bond donors (Lipinski definition) is 3. The maximum Gasteiger partial charge on any atom is 0.306 e. The molecule has 2 spiro atoms. The van der Waals surface area contributed by atoms with E-state index in [1.165, 1.54) is 26.2 Å². The number of fused-ring (bicyclic) bond motifs is 4. The molecule has 0 amide bonds. The molecule has 6 rings (SSSR count). The Bertz CT molecular complexity index is 1280. The van der Waals surface area contributed by atoms with E-state index in [9.17, 15) is 19.5 Å². The molecule has 1 saturated heterocycles. The van der Waals surface area contributed by atoms with Crippen molar-refractivity contribution >= 4 is 17.9 Å². The van der Waals surface area contributed by atoms with Crippen LogP contribution >= 0.6 is 0 Å². The van der Waals surface area contributed by atoms with Gasteiger partial charge in [0.1, 0.15) is 6.10 Å². The van der Waals surface area contributed by atoms with Crippen molar-refractivity contribution < 1.29 is 43.9 Å². The van der Waals surface area contributed by atoms with Gasteiger partial charge in [0.15, 0.2) is 6.10 Å². The van der Waals surface area contributed by atoms with E-state index in [4.69, 9.17) is 24.4 Å². The largest absolute Gasteiger partial charge is 0.481 e. The number of aliphatic hydroxyl groups is 2. The Hall–Kier alpha value is -3.03. The number of hydrogen-bond acceptors (Lipinski definition) is 8. The summed E-state index contributed by atoms with van der Waals surface area (Å²) >= 11 is 0. The van der Waals surface area contributed by atoms with Crippen LogP contribution in [0.2, 0.25) is 0 Å². The van der Waals surface area contributed by atoms with Crippen molar-refractivity contribution in [2.24, 2.45) is 51.2 Å². The molecule has 0 bridgehead atoms. The van der Waals surface area contributed by atoms with Crippen molar-refractivity contribution in [3.63, 3.8) is 0 Å². The lowest BCUT2D eigenvalue weighted by Crippen LogP contribution is -2.55. The number of carbonyl (C=O) groups is 3. The molecule has 0 radical (unpaired) electrons. The molecule has 3 N–H and O–H groups in total. The second-order valence-corrected chi connectivity index (χ2v) is 16.7. The van der Waals surface area contributed by atoms with Crippen molar-refractivity contribution in [3.05, 3.63) is 0 Å². The van der Waals surface area contributed by atoms with Crippen LogP contribution in [-0.4, -0.2) is 70.4 Å². The van der Waals surface area contributed by atoms with Crippen molar-refractivity contribution in [2.45, 2.75) is 149 Å². The number of carboxylic acid groups (broad SMARTS) is 1. The highest BCUT2D eigenvalue weighted by atomic mass is 16.6. The first-order valence-corrected chi connectivity index (χ1v) is 18.4. The Morgan fingerprint density at radius 1 is 0.843 bits per heavy atom. The SMILES string of the molecule is C#C.C#C.C#C.CC(=O)O[C@@H]([C@H]1CCC2C(CC3[C@@H]4CCC5C(C)(C)[C@@H](OC(=O)CCC(=O)O)CCC56[C@@H](C)[C@@]46CC[C@]23C)O1)C(C)(C)O.CO. The van der Waals surface area contributed by atoms with Crippen LogP contribution in [-0.2, 0) is 28.6 Å². The number of carboxylic acids is 1. The van der Waals surface area contributed by atoms with Crippen LogP contribution in [0, 0.1) is 89.8 Å². The predicted molar refractivity (Wildman–Crippen MR) is 197 cm³/mol. The van der Waals surface area contributed by atoms with Crippen LogP contribution < -0.4 is 0 Å². The molecular formula is C42H64O9. The Morgan fingerprint density at radius 2 is 1.43 bits per heavy atom. The summed E-state index contributed by atoms with van der Waals surface area (Å²) in [5.74, 6) is 1.15. The zero-order chi connectivity index (χ0) is 39.3. The zero-order valence-corrected chi connectivity index (χ0v) is 32.2. The Kier molecular flexibility index (Phi) is 14.5. The zero-order valence-electron chi connectivity index (χ0n) is 32.2. The molecular weight excluding hydrogens is 648 g/mol. The summed E-state index contributed by atoms with van der Waals surface area (Å²) in [7, 11) is 1.00. The van der Waals surface area contributed by atoms with Gasteiger partial charge in [-0.2, -0.15) is 0 Å². The van der Waals surface area contributed by atoms with E-state index in [0.29, 0.717) is 35.0 Å². The van der Waals surface area contributed by atoms with E-state index >= 15 is 0 Å². The van der Waals surface area contributed by atoms with Gasteiger partial charge in [0.05, 0.1) is 30.7 Å². The molecule has 5 aliphatic carbocycles. The number of carbonyl (C=O) groups excluding carboxylic acids is 2. The number of terminal acetylenes is 3. The fraction of sp³-hybridized carbons (Fsp3) is 0.786. The molecule has 5 unspecified atom stereocenters. The number of rotatable bonds is 7. The average molecular weight is 713 g/mol. The van der Waals surface area contributed by atoms with Crippen molar-refractivity contribution in [2.75, 3.05) is 7.11 Å². The van der Waals surface area contributed by atoms with E-state index in [1.807, 2.05) is 0 Å².